The van der Waals surface area contributed by atoms with Crippen molar-refractivity contribution in [2.75, 3.05) is 33.2 Å². The van der Waals surface area contributed by atoms with Gasteiger partial charge in [0.1, 0.15) is 6.54 Å². The molecule has 7 heteroatoms. The second kappa shape index (κ2) is 13.0. The van der Waals surface area contributed by atoms with Crippen LogP contribution in [0.15, 0.2) is 29.4 Å². The van der Waals surface area contributed by atoms with Crippen molar-refractivity contribution in [2.24, 2.45) is 10.4 Å². The predicted octanol–water partition coefficient (Wildman–Crippen LogP) is 3.23. The standard InChI is InChI=1S/C21H35N5O.HI/c1-4-21(12-7-8-13-21)17-25-20(22-5-2)24-16-19(27)26(3)15-11-18-10-6-9-14-23-18;/h6,9-10,14H,4-5,7-8,11-13,15-17H2,1-3H3,(H2,22,24,25);1H. The average molecular weight is 501 g/mol. The summed E-state index contributed by atoms with van der Waals surface area (Å²) < 4.78 is 0. The highest BCUT2D eigenvalue weighted by molar-refractivity contribution is 14.0. The molecule has 0 aromatic carbocycles. The largest absolute Gasteiger partial charge is 0.357 e. The normalized spacial score (nSPS) is 15.6. The van der Waals surface area contributed by atoms with E-state index in [2.05, 4.69) is 27.5 Å². The number of pyridine rings is 1. The zero-order valence-electron chi connectivity index (χ0n) is 17.5. The molecule has 1 heterocycles. The number of aliphatic imine (C=N–C) groups is 1. The molecule has 6 nitrogen and oxygen atoms in total. The third-order valence-electron chi connectivity index (χ3n) is 5.62. The second-order valence-electron chi connectivity index (χ2n) is 7.50. The van der Waals surface area contributed by atoms with E-state index in [-0.39, 0.29) is 36.4 Å². The van der Waals surface area contributed by atoms with E-state index in [4.69, 9.17) is 0 Å². The number of halogens is 1. The summed E-state index contributed by atoms with van der Waals surface area (Å²) in [6.45, 7) is 6.84. The van der Waals surface area contributed by atoms with E-state index in [1.165, 1.54) is 32.1 Å². The minimum absolute atomic E-state index is 0. The van der Waals surface area contributed by atoms with Crippen LogP contribution in [0.25, 0.3) is 0 Å². The Bertz CT molecular complexity index is 602. The number of guanidine groups is 1. The van der Waals surface area contributed by atoms with Crippen molar-refractivity contribution in [1.29, 1.82) is 0 Å². The maximum absolute atomic E-state index is 12.4. The fourth-order valence-corrected chi connectivity index (χ4v) is 3.61. The van der Waals surface area contributed by atoms with Crippen molar-refractivity contribution in [3.05, 3.63) is 30.1 Å². The fraction of sp³-hybridized carbons (Fsp3) is 0.667. The first-order valence-electron chi connectivity index (χ1n) is 10.2. The summed E-state index contributed by atoms with van der Waals surface area (Å²) in [6, 6.07) is 5.85. The molecule has 1 aromatic rings. The van der Waals surface area contributed by atoms with Crippen molar-refractivity contribution in [3.8, 4) is 0 Å². The van der Waals surface area contributed by atoms with Gasteiger partial charge in [-0.25, -0.2) is 4.99 Å². The number of nitrogens with one attached hydrogen (secondary N) is 2. The summed E-state index contributed by atoms with van der Waals surface area (Å²) in [6.07, 6.45) is 8.93. The minimum Gasteiger partial charge on any atom is -0.357 e. The molecule has 2 rings (SSSR count). The van der Waals surface area contributed by atoms with Crippen LogP contribution < -0.4 is 10.6 Å². The summed E-state index contributed by atoms with van der Waals surface area (Å²) >= 11 is 0. The molecule has 1 aromatic heterocycles. The van der Waals surface area contributed by atoms with Crippen molar-refractivity contribution >= 4 is 35.8 Å². The van der Waals surface area contributed by atoms with Gasteiger partial charge in [-0.2, -0.15) is 0 Å². The SMILES string of the molecule is CCNC(=NCC(=O)N(C)CCc1ccccn1)NCC1(CC)CCCC1.I. The van der Waals surface area contributed by atoms with Crippen LogP contribution in [-0.2, 0) is 11.2 Å². The molecule has 1 saturated carbocycles. The Morgan fingerprint density at radius 2 is 2.00 bits per heavy atom. The fourth-order valence-electron chi connectivity index (χ4n) is 3.61. The summed E-state index contributed by atoms with van der Waals surface area (Å²) in [5.74, 6) is 0.762. The van der Waals surface area contributed by atoms with Crippen LogP contribution in [0.3, 0.4) is 0 Å². The first kappa shape index (κ1) is 24.7. The van der Waals surface area contributed by atoms with Crippen LogP contribution in [0, 0.1) is 5.41 Å². The monoisotopic (exact) mass is 501 g/mol. The van der Waals surface area contributed by atoms with Crippen LogP contribution in [-0.4, -0.2) is 55.0 Å². The van der Waals surface area contributed by atoms with E-state index < -0.39 is 0 Å². The maximum atomic E-state index is 12.4. The molecule has 28 heavy (non-hydrogen) atoms. The number of hydrogen-bond acceptors (Lipinski definition) is 3. The van der Waals surface area contributed by atoms with Gasteiger partial charge in [-0.15, -0.1) is 24.0 Å². The number of carbonyl (C=O) groups is 1. The molecule has 0 spiro atoms. The predicted molar refractivity (Wildman–Crippen MR) is 126 cm³/mol. The van der Waals surface area contributed by atoms with Crippen LogP contribution >= 0.6 is 24.0 Å². The van der Waals surface area contributed by atoms with Gasteiger partial charge < -0.3 is 15.5 Å². The molecular formula is C21H36IN5O. The third-order valence-corrected chi connectivity index (χ3v) is 5.62. The van der Waals surface area contributed by atoms with Crippen molar-refractivity contribution < 1.29 is 4.79 Å². The van der Waals surface area contributed by atoms with Crippen LogP contribution in [0.5, 0.6) is 0 Å². The Hall–Kier alpha value is -1.38. The molecule has 0 bridgehead atoms. The number of hydrogen-bond donors (Lipinski definition) is 2. The van der Waals surface area contributed by atoms with Crippen LogP contribution in [0.2, 0.25) is 0 Å². The minimum atomic E-state index is 0. The highest BCUT2D eigenvalue weighted by atomic mass is 127. The van der Waals surface area contributed by atoms with E-state index in [9.17, 15) is 4.79 Å². The molecule has 158 valence electrons. The topological polar surface area (TPSA) is 69.6 Å². The number of carbonyl (C=O) groups excluding carboxylic acids is 1. The highest BCUT2D eigenvalue weighted by Crippen LogP contribution is 2.40. The molecule has 1 fully saturated rings. The van der Waals surface area contributed by atoms with Gasteiger partial charge in [0, 0.05) is 45.0 Å². The van der Waals surface area contributed by atoms with E-state index in [0.717, 1.165) is 31.2 Å². The lowest BCUT2D eigenvalue weighted by molar-refractivity contribution is -0.128. The van der Waals surface area contributed by atoms with Gasteiger partial charge in [-0.1, -0.05) is 25.8 Å². The summed E-state index contributed by atoms with van der Waals surface area (Å²) in [5.41, 5.74) is 1.39. The molecule has 0 atom stereocenters. The van der Waals surface area contributed by atoms with Crippen LogP contribution in [0.4, 0.5) is 0 Å². The summed E-state index contributed by atoms with van der Waals surface area (Å²) in [7, 11) is 1.83. The smallest absolute Gasteiger partial charge is 0.244 e. The Labute approximate surface area is 187 Å². The molecule has 0 saturated heterocycles. The Morgan fingerprint density at radius 1 is 1.25 bits per heavy atom. The molecular weight excluding hydrogens is 465 g/mol. The number of aromatic nitrogens is 1. The first-order valence-corrected chi connectivity index (χ1v) is 10.2. The molecule has 1 amide bonds. The van der Waals surface area contributed by atoms with E-state index >= 15 is 0 Å². The number of nitrogens with zero attached hydrogens (tertiary/aromatic N) is 3. The van der Waals surface area contributed by atoms with E-state index in [1.54, 1.807) is 11.1 Å². The third kappa shape index (κ3) is 7.93. The van der Waals surface area contributed by atoms with Gasteiger partial charge >= 0.3 is 0 Å². The molecule has 2 N–H and O–H groups in total. The van der Waals surface area contributed by atoms with Crippen molar-refractivity contribution in [2.45, 2.75) is 52.4 Å². The Balaban J connectivity index is 0.00000392. The zero-order valence-corrected chi connectivity index (χ0v) is 19.9. The van der Waals surface area contributed by atoms with Gasteiger partial charge in [0.25, 0.3) is 0 Å². The number of likely N-dealkylation sites (N-methyl/N-ethyl adjacent to an activating group) is 1. The van der Waals surface area contributed by atoms with E-state index in [0.29, 0.717) is 12.0 Å². The average Bonchev–Trinajstić information content (AvgIpc) is 3.18. The van der Waals surface area contributed by atoms with Gasteiger partial charge in [-0.3, -0.25) is 9.78 Å². The molecule has 1 aliphatic carbocycles. The number of amides is 1. The molecule has 1 aliphatic rings. The maximum Gasteiger partial charge on any atom is 0.244 e. The number of rotatable bonds is 9. The first-order chi connectivity index (χ1) is 13.1. The van der Waals surface area contributed by atoms with Crippen molar-refractivity contribution in [3.63, 3.8) is 0 Å². The quantitative estimate of drug-likeness (QED) is 0.310. The van der Waals surface area contributed by atoms with Gasteiger partial charge in [-0.05, 0) is 43.7 Å². The van der Waals surface area contributed by atoms with Gasteiger partial charge in [0.15, 0.2) is 5.96 Å². The molecule has 0 radical (unpaired) electrons. The Morgan fingerprint density at radius 3 is 2.61 bits per heavy atom. The molecule has 0 unspecified atom stereocenters. The van der Waals surface area contributed by atoms with Gasteiger partial charge in [0.05, 0.1) is 0 Å². The highest BCUT2D eigenvalue weighted by Gasteiger charge is 2.31. The lowest BCUT2D eigenvalue weighted by atomic mass is 9.83. The van der Waals surface area contributed by atoms with Gasteiger partial charge in [0.2, 0.25) is 5.91 Å². The summed E-state index contributed by atoms with van der Waals surface area (Å²) in [5, 5.41) is 6.72. The van der Waals surface area contributed by atoms with E-state index in [1.807, 2.05) is 32.2 Å². The summed E-state index contributed by atoms with van der Waals surface area (Å²) in [4.78, 5) is 22.9. The van der Waals surface area contributed by atoms with Crippen LogP contribution in [0.1, 0.15) is 51.6 Å². The molecule has 0 aliphatic heterocycles. The lowest BCUT2D eigenvalue weighted by Crippen LogP contribution is -2.43. The lowest BCUT2D eigenvalue weighted by Gasteiger charge is -2.28. The Kier molecular flexibility index (Phi) is 11.4. The zero-order chi connectivity index (χ0) is 19.5. The van der Waals surface area contributed by atoms with Crippen molar-refractivity contribution in [1.82, 2.24) is 20.5 Å². The second-order valence-corrected chi connectivity index (χ2v) is 7.50.